The zero-order valence-electron chi connectivity index (χ0n) is 17.6. The minimum Gasteiger partial charge on any atom is -0.333 e. The number of H-pyrrole nitrogens is 1. The molecule has 3 aromatic carbocycles. The number of rotatable bonds is 6. The standard InChI is InChI=1S/C25H19FN4OS2/c1-15-2-11-20-21(12-15)30-25(29-20)33-14-23(31)27-19-9-5-16(6-10-19)22-13-32-24(28-22)17-3-7-18(26)8-4-17/h2-13H,14H2,1H3,(H,27,31)(H,29,30). The lowest BCUT2D eigenvalue weighted by molar-refractivity contribution is -0.113. The minimum absolute atomic E-state index is 0.100. The Morgan fingerprint density at radius 1 is 1.03 bits per heavy atom. The Kier molecular flexibility index (Phi) is 5.93. The third-order valence-electron chi connectivity index (χ3n) is 5.02. The molecular formula is C25H19FN4OS2. The molecule has 0 aliphatic rings. The fourth-order valence-electron chi connectivity index (χ4n) is 3.36. The fraction of sp³-hybridized carbons (Fsp3) is 0.0800. The van der Waals surface area contributed by atoms with Crippen molar-refractivity contribution < 1.29 is 9.18 Å². The van der Waals surface area contributed by atoms with Crippen molar-refractivity contribution in [3.8, 4) is 21.8 Å². The first-order valence-corrected chi connectivity index (χ1v) is 12.1. The summed E-state index contributed by atoms with van der Waals surface area (Å²) < 4.78 is 13.1. The number of carbonyl (C=O) groups is 1. The molecule has 0 bridgehead atoms. The molecule has 5 aromatic rings. The fourth-order valence-corrected chi connectivity index (χ4v) is 4.88. The van der Waals surface area contributed by atoms with Crippen molar-refractivity contribution in [3.05, 3.63) is 83.5 Å². The number of nitrogens with one attached hydrogen (secondary N) is 2. The molecule has 0 unspecified atom stereocenters. The summed E-state index contributed by atoms with van der Waals surface area (Å²) in [6, 6.07) is 19.9. The lowest BCUT2D eigenvalue weighted by Crippen LogP contribution is -2.14. The van der Waals surface area contributed by atoms with Gasteiger partial charge in [0, 0.05) is 22.2 Å². The first kappa shape index (κ1) is 21.4. The molecule has 0 spiro atoms. The maximum Gasteiger partial charge on any atom is 0.234 e. The van der Waals surface area contributed by atoms with Crippen LogP contribution in [0, 0.1) is 12.7 Å². The number of nitrogens with zero attached hydrogens (tertiary/aromatic N) is 2. The third kappa shape index (κ3) is 4.97. The Hall–Kier alpha value is -3.49. The van der Waals surface area contributed by atoms with Crippen LogP contribution in [-0.4, -0.2) is 26.6 Å². The summed E-state index contributed by atoms with van der Waals surface area (Å²) in [4.78, 5) is 24.8. The van der Waals surface area contributed by atoms with E-state index in [1.807, 2.05) is 54.8 Å². The van der Waals surface area contributed by atoms with Gasteiger partial charge in [0.1, 0.15) is 10.8 Å². The van der Waals surface area contributed by atoms with Gasteiger partial charge in [-0.1, -0.05) is 30.0 Å². The summed E-state index contributed by atoms with van der Waals surface area (Å²) in [6.07, 6.45) is 0. The van der Waals surface area contributed by atoms with Gasteiger partial charge in [0.25, 0.3) is 0 Å². The predicted molar refractivity (Wildman–Crippen MR) is 133 cm³/mol. The number of thioether (sulfide) groups is 1. The maximum absolute atomic E-state index is 13.1. The Morgan fingerprint density at radius 3 is 2.58 bits per heavy atom. The highest BCUT2D eigenvalue weighted by Crippen LogP contribution is 2.29. The predicted octanol–water partition coefficient (Wildman–Crippen LogP) is 6.53. The molecule has 5 rings (SSSR count). The van der Waals surface area contributed by atoms with Gasteiger partial charge in [-0.2, -0.15) is 0 Å². The summed E-state index contributed by atoms with van der Waals surface area (Å²) in [6.45, 7) is 2.03. The van der Waals surface area contributed by atoms with Gasteiger partial charge in [-0.15, -0.1) is 11.3 Å². The number of benzene rings is 3. The topological polar surface area (TPSA) is 70.7 Å². The molecule has 0 atom stereocenters. The van der Waals surface area contributed by atoms with Crippen molar-refractivity contribution in [1.82, 2.24) is 15.0 Å². The van der Waals surface area contributed by atoms with E-state index in [2.05, 4.69) is 20.3 Å². The van der Waals surface area contributed by atoms with Crippen LogP contribution in [0.15, 0.2) is 77.3 Å². The van der Waals surface area contributed by atoms with Crippen molar-refractivity contribution in [2.75, 3.05) is 11.1 Å². The highest BCUT2D eigenvalue weighted by Gasteiger charge is 2.10. The van der Waals surface area contributed by atoms with E-state index < -0.39 is 0 Å². The van der Waals surface area contributed by atoms with Crippen molar-refractivity contribution in [2.24, 2.45) is 0 Å². The first-order valence-electron chi connectivity index (χ1n) is 10.2. The van der Waals surface area contributed by atoms with Gasteiger partial charge in [0.15, 0.2) is 5.16 Å². The highest BCUT2D eigenvalue weighted by atomic mass is 32.2. The van der Waals surface area contributed by atoms with Gasteiger partial charge in [0.05, 0.1) is 22.5 Å². The number of thiazole rings is 1. The van der Waals surface area contributed by atoms with Gasteiger partial charge in [-0.3, -0.25) is 4.79 Å². The van der Waals surface area contributed by atoms with Gasteiger partial charge in [-0.25, -0.2) is 14.4 Å². The number of aromatic nitrogens is 3. The summed E-state index contributed by atoms with van der Waals surface area (Å²) in [5.41, 5.74) is 6.42. The maximum atomic E-state index is 13.1. The van der Waals surface area contributed by atoms with Crippen LogP contribution in [-0.2, 0) is 4.79 Å². The SMILES string of the molecule is Cc1ccc2nc(SCC(=O)Nc3ccc(-c4csc(-c5ccc(F)cc5)n4)cc3)[nH]c2c1. The number of carbonyl (C=O) groups excluding carboxylic acids is 1. The van der Waals surface area contributed by atoms with Crippen LogP contribution in [0.4, 0.5) is 10.1 Å². The van der Waals surface area contributed by atoms with Gasteiger partial charge in [-0.05, 0) is 61.0 Å². The van der Waals surface area contributed by atoms with Crippen LogP contribution in [0.3, 0.4) is 0 Å². The molecule has 2 heterocycles. The number of amides is 1. The third-order valence-corrected chi connectivity index (χ3v) is 6.78. The molecule has 0 saturated heterocycles. The first-order chi connectivity index (χ1) is 16.0. The van der Waals surface area contributed by atoms with Gasteiger partial charge < -0.3 is 10.3 Å². The summed E-state index contributed by atoms with van der Waals surface area (Å²) >= 11 is 2.88. The summed E-state index contributed by atoms with van der Waals surface area (Å²) in [5.74, 6) is -0.107. The second kappa shape index (κ2) is 9.17. The second-order valence-electron chi connectivity index (χ2n) is 7.52. The van der Waals surface area contributed by atoms with E-state index in [0.717, 1.165) is 49.3 Å². The molecule has 0 aliphatic heterocycles. The van der Waals surface area contributed by atoms with E-state index in [1.54, 1.807) is 12.1 Å². The number of anilines is 1. The molecule has 0 saturated carbocycles. The Labute approximate surface area is 198 Å². The summed E-state index contributed by atoms with van der Waals surface area (Å²) in [5, 5.41) is 6.44. The molecule has 164 valence electrons. The minimum atomic E-state index is -0.265. The molecule has 1 amide bonds. The molecule has 2 N–H and O–H groups in total. The number of fused-ring (bicyclic) bond motifs is 1. The lowest BCUT2D eigenvalue weighted by atomic mass is 10.1. The zero-order chi connectivity index (χ0) is 22.8. The largest absolute Gasteiger partial charge is 0.333 e. The molecular weight excluding hydrogens is 455 g/mol. The van der Waals surface area contributed by atoms with E-state index >= 15 is 0 Å². The number of hydrogen-bond donors (Lipinski definition) is 2. The normalized spacial score (nSPS) is 11.1. The monoisotopic (exact) mass is 474 g/mol. The van der Waals surface area contributed by atoms with E-state index in [1.165, 1.54) is 35.2 Å². The van der Waals surface area contributed by atoms with Gasteiger partial charge >= 0.3 is 0 Å². The van der Waals surface area contributed by atoms with Crippen LogP contribution >= 0.6 is 23.1 Å². The molecule has 0 radical (unpaired) electrons. The van der Waals surface area contributed by atoms with Crippen molar-refractivity contribution in [2.45, 2.75) is 12.1 Å². The van der Waals surface area contributed by atoms with Crippen LogP contribution in [0.5, 0.6) is 0 Å². The van der Waals surface area contributed by atoms with E-state index in [4.69, 9.17) is 0 Å². The highest BCUT2D eigenvalue weighted by molar-refractivity contribution is 7.99. The second-order valence-corrected chi connectivity index (χ2v) is 9.34. The number of hydrogen-bond acceptors (Lipinski definition) is 5. The smallest absolute Gasteiger partial charge is 0.234 e. The Morgan fingerprint density at radius 2 is 1.79 bits per heavy atom. The Balaban J connectivity index is 1.19. The van der Waals surface area contributed by atoms with Crippen LogP contribution in [0.1, 0.15) is 5.56 Å². The molecule has 33 heavy (non-hydrogen) atoms. The molecule has 0 fully saturated rings. The van der Waals surface area contributed by atoms with Crippen LogP contribution in [0.2, 0.25) is 0 Å². The number of imidazole rings is 1. The molecule has 8 heteroatoms. The average molecular weight is 475 g/mol. The lowest BCUT2D eigenvalue weighted by Gasteiger charge is -2.05. The van der Waals surface area contributed by atoms with Crippen molar-refractivity contribution in [1.29, 1.82) is 0 Å². The quantitative estimate of drug-likeness (QED) is 0.275. The van der Waals surface area contributed by atoms with E-state index in [0.29, 0.717) is 0 Å². The molecule has 0 aliphatic carbocycles. The zero-order valence-corrected chi connectivity index (χ0v) is 19.3. The van der Waals surface area contributed by atoms with Crippen LogP contribution in [0.25, 0.3) is 32.9 Å². The van der Waals surface area contributed by atoms with Crippen molar-refractivity contribution >= 4 is 45.7 Å². The number of aromatic amines is 1. The Bertz CT molecular complexity index is 1430. The number of halogens is 1. The van der Waals surface area contributed by atoms with Crippen LogP contribution < -0.4 is 5.32 Å². The molecule has 2 aromatic heterocycles. The molecule has 5 nitrogen and oxygen atoms in total. The average Bonchev–Trinajstić information content (AvgIpc) is 3.46. The number of aryl methyl sites for hydroxylation is 1. The van der Waals surface area contributed by atoms with Crippen molar-refractivity contribution in [3.63, 3.8) is 0 Å². The van der Waals surface area contributed by atoms with E-state index in [9.17, 15) is 9.18 Å². The van der Waals surface area contributed by atoms with Gasteiger partial charge in [0.2, 0.25) is 5.91 Å². The van der Waals surface area contributed by atoms with E-state index in [-0.39, 0.29) is 17.5 Å². The summed E-state index contributed by atoms with van der Waals surface area (Å²) in [7, 11) is 0.